The summed E-state index contributed by atoms with van der Waals surface area (Å²) in [5.41, 5.74) is 21.5. The van der Waals surface area contributed by atoms with Crippen LogP contribution >= 0.6 is 0 Å². The monoisotopic (exact) mass is 1100 g/mol. The molecule has 0 atom stereocenters. The highest BCUT2D eigenvalue weighted by atomic mass is 16.5. The number of hydrogen-bond acceptors (Lipinski definition) is 7. The Morgan fingerprint density at radius 2 is 0.884 bits per heavy atom. The summed E-state index contributed by atoms with van der Waals surface area (Å²) in [4.78, 5) is 34.3. The van der Waals surface area contributed by atoms with Gasteiger partial charge in [-0.05, 0) is 124 Å². The van der Waals surface area contributed by atoms with E-state index in [-0.39, 0.29) is 19.3 Å². The quantitative estimate of drug-likeness (QED) is 0.0943. The molecule has 86 heavy (non-hydrogen) atoms. The van der Waals surface area contributed by atoms with Gasteiger partial charge < -0.3 is 19.1 Å². The topological polar surface area (TPSA) is 76.4 Å². The van der Waals surface area contributed by atoms with E-state index in [2.05, 4.69) is 202 Å². The summed E-state index contributed by atoms with van der Waals surface area (Å²) in [6, 6.07) is 104. The summed E-state index contributed by atoms with van der Waals surface area (Å²) >= 11 is 0. The summed E-state index contributed by atoms with van der Waals surface area (Å²) < 4.78 is 8.22. The average Bonchev–Trinajstić information content (AvgIpc) is 0.868. The highest BCUT2D eigenvalue weighted by molar-refractivity contribution is 7.00. The fourth-order valence-corrected chi connectivity index (χ4v) is 12.9. The van der Waals surface area contributed by atoms with E-state index >= 15 is 0 Å². The summed E-state index contributed by atoms with van der Waals surface area (Å²) in [7, 11) is 0. The van der Waals surface area contributed by atoms with Gasteiger partial charge in [0.2, 0.25) is 0 Å². The molecule has 12 aromatic carbocycles. The van der Waals surface area contributed by atoms with E-state index in [1.807, 2.05) is 109 Å². The zero-order valence-electron chi connectivity index (χ0n) is 46.6. The van der Waals surface area contributed by atoms with Crippen LogP contribution in [0.4, 0.5) is 34.1 Å². The molecule has 2 aromatic heterocycles. The Kier molecular flexibility index (Phi) is 12.3. The Bertz CT molecular complexity index is 4850. The predicted molar refractivity (Wildman–Crippen MR) is 351 cm³/mol. The second-order valence-electron chi connectivity index (χ2n) is 21.8. The molecule has 404 valence electrons. The first-order valence-electron chi connectivity index (χ1n) is 29.0. The van der Waals surface area contributed by atoms with Crippen LogP contribution in [0.1, 0.15) is 15.9 Å². The van der Waals surface area contributed by atoms with E-state index in [9.17, 15) is 4.79 Å². The maximum Gasteiger partial charge on any atom is 0.338 e. The molecule has 0 N–H and O–H groups in total. The molecular weight excluding hydrogens is 1050 g/mol. The molecule has 2 aliphatic heterocycles. The number of rotatable bonds is 11. The minimum absolute atomic E-state index is 0.0535. The number of para-hydroxylation sites is 5. The molecule has 0 fully saturated rings. The second-order valence-corrected chi connectivity index (χ2v) is 21.8. The van der Waals surface area contributed by atoms with Crippen molar-refractivity contribution in [3.05, 3.63) is 308 Å². The maximum absolute atomic E-state index is 13.9. The zero-order chi connectivity index (χ0) is 57.1. The van der Waals surface area contributed by atoms with E-state index in [0.29, 0.717) is 23.0 Å². The zero-order valence-corrected chi connectivity index (χ0v) is 46.6. The number of anilines is 6. The van der Waals surface area contributed by atoms with Crippen LogP contribution < -0.4 is 26.2 Å². The average molecular weight is 1100 g/mol. The number of carbonyl (C=O) groups is 1. The van der Waals surface area contributed by atoms with Crippen molar-refractivity contribution < 1.29 is 9.53 Å². The molecule has 0 saturated carbocycles. The number of esters is 1. The first-order valence-corrected chi connectivity index (χ1v) is 29.0. The lowest BCUT2D eigenvalue weighted by Crippen LogP contribution is -2.61. The van der Waals surface area contributed by atoms with Crippen molar-refractivity contribution in [2.75, 3.05) is 9.80 Å². The summed E-state index contributed by atoms with van der Waals surface area (Å²) in [6.45, 7) is 0.127. The molecule has 0 amide bonds. The Morgan fingerprint density at radius 1 is 0.372 bits per heavy atom. The molecule has 0 unspecified atom stereocenters. The lowest BCUT2D eigenvalue weighted by molar-refractivity contribution is 0.0473. The normalized spacial score (nSPS) is 12.2. The Labute approximate surface area is 498 Å². The number of ether oxygens (including phenoxy) is 1. The molecule has 0 bridgehead atoms. The first-order chi connectivity index (χ1) is 42.6. The number of aromatic nitrogens is 4. The molecule has 14 aromatic rings. The molecule has 16 rings (SSSR count). The van der Waals surface area contributed by atoms with Crippen LogP contribution in [0.5, 0.6) is 0 Å². The third kappa shape index (κ3) is 8.63. The van der Waals surface area contributed by atoms with Gasteiger partial charge in [0.25, 0.3) is 6.71 Å². The fraction of sp³-hybridized carbons (Fsp3) is 0.0130. The summed E-state index contributed by atoms with van der Waals surface area (Å²) in [5, 5.41) is 1.95. The van der Waals surface area contributed by atoms with Gasteiger partial charge in [-0.15, -0.1) is 0 Å². The van der Waals surface area contributed by atoms with Crippen molar-refractivity contribution in [1.29, 1.82) is 0 Å². The second kappa shape index (κ2) is 21.1. The number of benzene rings is 12. The van der Waals surface area contributed by atoms with Gasteiger partial charge in [0.1, 0.15) is 6.61 Å². The number of fused-ring (bicyclic) bond motifs is 7. The molecule has 8 nitrogen and oxygen atoms in total. The number of hydrogen-bond donors (Lipinski definition) is 0. The lowest BCUT2D eigenvalue weighted by atomic mass is 9.33. The molecule has 0 saturated heterocycles. The van der Waals surface area contributed by atoms with Gasteiger partial charge in [-0.2, -0.15) is 0 Å². The molecule has 2 aliphatic rings. The Balaban J connectivity index is 0.925. The minimum atomic E-state index is -0.379. The van der Waals surface area contributed by atoms with Gasteiger partial charge in [0.15, 0.2) is 17.5 Å². The van der Waals surface area contributed by atoms with Gasteiger partial charge in [-0.3, -0.25) is 0 Å². The fourth-order valence-electron chi connectivity index (χ4n) is 12.9. The summed E-state index contributed by atoms with van der Waals surface area (Å²) in [5.74, 6) is 1.34. The van der Waals surface area contributed by atoms with Crippen LogP contribution in [0.25, 0.3) is 83.9 Å². The van der Waals surface area contributed by atoms with E-state index in [1.165, 1.54) is 22.1 Å². The number of nitrogens with zero attached hydrogens (tertiary/aromatic N) is 6. The predicted octanol–water partition coefficient (Wildman–Crippen LogP) is 16.7. The summed E-state index contributed by atoms with van der Waals surface area (Å²) in [6.07, 6.45) is 0. The van der Waals surface area contributed by atoms with Gasteiger partial charge in [-0.25, -0.2) is 19.7 Å². The minimum Gasteiger partial charge on any atom is -0.457 e. The Hall–Kier alpha value is -11.4. The van der Waals surface area contributed by atoms with Crippen LogP contribution in [0.2, 0.25) is 0 Å². The lowest BCUT2D eigenvalue weighted by Gasteiger charge is -2.45. The molecule has 0 radical (unpaired) electrons. The highest BCUT2D eigenvalue weighted by Crippen LogP contribution is 2.49. The first kappa shape index (κ1) is 50.3. The van der Waals surface area contributed by atoms with E-state index < -0.39 is 0 Å². The van der Waals surface area contributed by atoms with Gasteiger partial charge >= 0.3 is 5.97 Å². The van der Waals surface area contributed by atoms with Crippen LogP contribution in [-0.4, -0.2) is 32.2 Å². The van der Waals surface area contributed by atoms with Gasteiger partial charge in [0.05, 0.1) is 28.0 Å². The third-order valence-electron chi connectivity index (χ3n) is 16.8. The van der Waals surface area contributed by atoms with Crippen LogP contribution in [-0.2, 0) is 11.3 Å². The Morgan fingerprint density at radius 3 is 1.55 bits per heavy atom. The molecule has 9 heteroatoms. The van der Waals surface area contributed by atoms with E-state index in [1.54, 1.807) is 0 Å². The van der Waals surface area contributed by atoms with Crippen molar-refractivity contribution in [3.8, 4) is 62.1 Å². The van der Waals surface area contributed by atoms with Crippen molar-refractivity contribution in [2.24, 2.45) is 0 Å². The van der Waals surface area contributed by atoms with Crippen LogP contribution in [0.3, 0.4) is 0 Å². The van der Waals surface area contributed by atoms with Gasteiger partial charge in [-0.1, -0.05) is 206 Å². The number of carbonyl (C=O) groups excluding carboxylic acids is 1. The van der Waals surface area contributed by atoms with E-state index in [4.69, 9.17) is 19.7 Å². The van der Waals surface area contributed by atoms with Gasteiger partial charge in [0, 0.05) is 67.0 Å². The SMILES string of the molecule is O=C(OCc1ccccc1)c1ccc2c(c1)c1ccccc1n2-c1ccc(-c2nc(-c3ccccc3)nc(-c3ccccc3)n2)cc1-c1cccc(-c2ccc3c4c2N(c2ccccc2)c2ccccc2B4c2ccccc2N3c2ccccc2)c1. The van der Waals surface area contributed by atoms with Crippen LogP contribution in [0.15, 0.2) is 297 Å². The van der Waals surface area contributed by atoms with Crippen molar-refractivity contribution in [3.63, 3.8) is 0 Å². The molecular formula is C77H51BN6O2. The highest BCUT2D eigenvalue weighted by Gasteiger charge is 2.44. The van der Waals surface area contributed by atoms with E-state index in [0.717, 1.165) is 100 Å². The molecule has 4 heterocycles. The smallest absolute Gasteiger partial charge is 0.338 e. The largest absolute Gasteiger partial charge is 0.457 e. The van der Waals surface area contributed by atoms with Crippen molar-refractivity contribution >= 4 is 85.0 Å². The van der Waals surface area contributed by atoms with Crippen molar-refractivity contribution in [2.45, 2.75) is 6.61 Å². The van der Waals surface area contributed by atoms with Crippen molar-refractivity contribution in [1.82, 2.24) is 19.5 Å². The standard InChI is InChI=1S/C77H51BN6O2/c85-77(86-50-51-23-6-1-7-24-51)57-42-45-68-63(49-57)61-35-16-19-38-66(61)84(68)67-44-41-56(76-80-74(52-25-8-2-9-26-52)79-75(81-76)53-27-10-3-11-28-53)48-62(67)55-30-22-29-54(47-55)60-43-46-71-72-73(60)83(59-33-14-5-15-34-59)70-40-21-18-37-65(70)78(72)64-36-17-20-39-69(64)82(71)58-31-12-4-13-32-58/h1-49H,50H2. The molecule has 0 aliphatic carbocycles. The maximum atomic E-state index is 13.9. The van der Waals surface area contributed by atoms with Crippen LogP contribution in [0, 0.1) is 0 Å². The third-order valence-corrected chi connectivity index (χ3v) is 16.8. The molecule has 0 spiro atoms.